The van der Waals surface area contributed by atoms with Gasteiger partial charge in [0.05, 0.1) is 4.90 Å². The summed E-state index contributed by atoms with van der Waals surface area (Å²) in [4.78, 5) is 12.2. The highest BCUT2D eigenvalue weighted by Crippen LogP contribution is 2.18. The van der Waals surface area contributed by atoms with Gasteiger partial charge in [0.15, 0.2) is 0 Å². The van der Waals surface area contributed by atoms with Gasteiger partial charge < -0.3 is 5.32 Å². The van der Waals surface area contributed by atoms with E-state index in [0.717, 1.165) is 11.1 Å². The predicted octanol–water partition coefficient (Wildman–Crippen LogP) is 3.68. The number of carbonyl (C=O) groups excluding carboxylic acids is 1. The molecule has 0 aliphatic carbocycles. The molecule has 0 fully saturated rings. The van der Waals surface area contributed by atoms with Gasteiger partial charge in [0.1, 0.15) is 0 Å². The van der Waals surface area contributed by atoms with Crippen LogP contribution in [0.1, 0.15) is 25.0 Å². The van der Waals surface area contributed by atoms with Gasteiger partial charge in [-0.05, 0) is 42.8 Å². The number of amides is 1. The summed E-state index contributed by atoms with van der Waals surface area (Å²) in [5.74, 6) is -0.272. The van der Waals surface area contributed by atoms with E-state index < -0.39 is 10.0 Å². The third-order valence-corrected chi connectivity index (χ3v) is 6.00. The highest BCUT2D eigenvalue weighted by Gasteiger charge is 2.21. The molecule has 2 aromatic carbocycles. The molecule has 1 amide bonds. The number of rotatable bonds is 7. The average Bonchev–Trinajstić information content (AvgIpc) is 2.61. The molecule has 0 aliphatic rings. The van der Waals surface area contributed by atoms with E-state index in [1.807, 2.05) is 31.2 Å². The van der Waals surface area contributed by atoms with Gasteiger partial charge in [-0.2, -0.15) is 4.31 Å². The van der Waals surface area contributed by atoms with E-state index in [2.05, 4.69) is 5.32 Å². The van der Waals surface area contributed by atoms with Crippen molar-refractivity contribution in [3.05, 3.63) is 65.7 Å². The number of aryl methyl sites for hydroxylation is 1. The Kier molecular flexibility index (Phi) is 6.71. The van der Waals surface area contributed by atoms with Gasteiger partial charge in [0.2, 0.25) is 15.9 Å². The fourth-order valence-corrected chi connectivity index (χ4v) is 4.01. The zero-order chi connectivity index (χ0) is 19.2. The van der Waals surface area contributed by atoms with E-state index in [1.165, 1.54) is 22.5 Å². The molecule has 0 unspecified atom stereocenters. The highest BCUT2D eigenvalue weighted by atomic mass is 32.2. The Labute approximate surface area is 155 Å². The molecule has 1 N–H and O–H groups in total. The Morgan fingerprint density at radius 2 is 1.73 bits per heavy atom. The van der Waals surface area contributed by atoms with Crippen molar-refractivity contribution >= 4 is 27.7 Å². The van der Waals surface area contributed by atoms with Crippen molar-refractivity contribution in [1.29, 1.82) is 0 Å². The van der Waals surface area contributed by atoms with Gasteiger partial charge >= 0.3 is 0 Å². The van der Waals surface area contributed by atoms with Gasteiger partial charge in [-0.1, -0.05) is 43.7 Å². The Bertz CT molecular complexity index is 884. The van der Waals surface area contributed by atoms with Crippen LogP contribution in [0.15, 0.2) is 59.5 Å². The standard InChI is InChI=1S/C20H24N2O3S/c1-4-22(5-2)26(24,25)19-12-10-18(11-13-19)21-20(23)14-9-17-8-6-7-16(3)15-17/h6-15H,4-5H2,1-3H3,(H,21,23)/b14-9+. The molecule has 6 heteroatoms. The summed E-state index contributed by atoms with van der Waals surface area (Å²) in [7, 11) is -3.49. The molecule has 2 aromatic rings. The van der Waals surface area contributed by atoms with Crippen molar-refractivity contribution in [2.75, 3.05) is 18.4 Å². The summed E-state index contributed by atoms with van der Waals surface area (Å²) < 4.78 is 26.3. The molecule has 0 bridgehead atoms. The van der Waals surface area contributed by atoms with E-state index in [1.54, 1.807) is 32.1 Å². The van der Waals surface area contributed by atoms with Gasteiger partial charge in [-0.25, -0.2) is 8.42 Å². The third kappa shape index (κ3) is 5.03. The molecule has 0 aromatic heterocycles. The maximum Gasteiger partial charge on any atom is 0.248 e. The third-order valence-electron chi connectivity index (χ3n) is 3.93. The first kappa shape index (κ1) is 19.9. The first-order chi connectivity index (χ1) is 12.4. The van der Waals surface area contributed by atoms with Crippen LogP contribution in [-0.4, -0.2) is 31.7 Å². The number of nitrogens with one attached hydrogen (secondary N) is 1. The van der Waals surface area contributed by atoms with E-state index in [0.29, 0.717) is 18.8 Å². The molecule has 2 rings (SSSR count). The molecule has 0 saturated heterocycles. The zero-order valence-electron chi connectivity index (χ0n) is 15.3. The molecular formula is C20H24N2O3S. The molecule has 0 aliphatic heterocycles. The number of benzene rings is 2. The molecule has 0 saturated carbocycles. The van der Waals surface area contributed by atoms with Crippen LogP contribution in [-0.2, 0) is 14.8 Å². The molecular weight excluding hydrogens is 348 g/mol. The smallest absolute Gasteiger partial charge is 0.248 e. The maximum atomic E-state index is 12.4. The lowest BCUT2D eigenvalue weighted by Crippen LogP contribution is -2.30. The molecule has 26 heavy (non-hydrogen) atoms. The molecule has 0 radical (unpaired) electrons. The van der Waals surface area contributed by atoms with Crippen LogP contribution in [0.25, 0.3) is 6.08 Å². The molecule has 0 heterocycles. The van der Waals surface area contributed by atoms with Gasteiger partial charge in [-0.15, -0.1) is 0 Å². The molecule has 5 nitrogen and oxygen atoms in total. The number of hydrogen-bond donors (Lipinski definition) is 1. The van der Waals surface area contributed by atoms with Gasteiger partial charge in [0.25, 0.3) is 0 Å². The minimum atomic E-state index is -3.49. The van der Waals surface area contributed by atoms with Crippen LogP contribution in [0.2, 0.25) is 0 Å². The summed E-state index contributed by atoms with van der Waals surface area (Å²) in [5, 5.41) is 2.73. The Morgan fingerprint density at radius 1 is 1.08 bits per heavy atom. The monoisotopic (exact) mass is 372 g/mol. The second kappa shape index (κ2) is 8.78. The summed E-state index contributed by atoms with van der Waals surface area (Å²) >= 11 is 0. The number of anilines is 1. The topological polar surface area (TPSA) is 66.5 Å². The fraction of sp³-hybridized carbons (Fsp3) is 0.250. The summed E-state index contributed by atoms with van der Waals surface area (Å²) in [6.07, 6.45) is 3.19. The zero-order valence-corrected chi connectivity index (χ0v) is 16.1. The number of hydrogen-bond acceptors (Lipinski definition) is 3. The van der Waals surface area contributed by atoms with Gasteiger partial charge in [0, 0.05) is 24.9 Å². The molecule has 138 valence electrons. The van der Waals surface area contributed by atoms with Crippen molar-refractivity contribution in [2.24, 2.45) is 0 Å². The quantitative estimate of drug-likeness (QED) is 0.754. The van der Waals surface area contributed by atoms with Gasteiger partial charge in [-0.3, -0.25) is 4.79 Å². The maximum absolute atomic E-state index is 12.4. The largest absolute Gasteiger partial charge is 0.323 e. The lowest BCUT2D eigenvalue weighted by molar-refractivity contribution is -0.111. The minimum absolute atomic E-state index is 0.217. The van der Waals surface area contributed by atoms with Crippen molar-refractivity contribution in [1.82, 2.24) is 4.31 Å². The lowest BCUT2D eigenvalue weighted by Gasteiger charge is -2.18. The van der Waals surface area contributed by atoms with Crippen LogP contribution in [0.4, 0.5) is 5.69 Å². The normalized spacial score (nSPS) is 11.8. The predicted molar refractivity (Wildman–Crippen MR) is 105 cm³/mol. The summed E-state index contributed by atoms with van der Waals surface area (Å²) in [5.41, 5.74) is 2.61. The minimum Gasteiger partial charge on any atom is -0.323 e. The van der Waals surface area contributed by atoms with Crippen LogP contribution in [0, 0.1) is 6.92 Å². The van der Waals surface area contributed by atoms with Crippen molar-refractivity contribution in [3.8, 4) is 0 Å². The first-order valence-electron chi connectivity index (χ1n) is 8.52. The molecule has 0 atom stereocenters. The fourth-order valence-electron chi connectivity index (χ4n) is 2.55. The second-order valence-corrected chi connectivity index (χ2v) is 7.79. The number of nitrogens with zero attached hydrogens (tertiary/aromatic N) is 1. The molecule has 0 spiro atoms. The Morgan fingerprint density at radius 3 is 2.31 bits per heavy atom. The lowest BCUT2D eigenvalue weighted by atomic mass is 10.1. The Balaban J connectivity index is 2.06. The van der Waals surface area contributed by atoms with E-state index in [-0.39, 0.29) is 10.8 Å². The van der Waals surface area contributed by atoms with E-state index >= 15 is 0 Å². The van der Waals surface area contributed by atoms with Crippen LogP contribution in [0.5, 0.6) is 0 Å². The van der Waals surface area contributed by atoms with Crippen LogP contribution < -0.4 is 5.32 Å². The number of sulfonamides is 1. The van der Waals surface area contributed by atoms with Crippen LogP contribution in [0.3, 0.4) is 0 Å². The van der Waals surface area contributed by atoms with Crippen molar-refractivity contribution < 1.29 is 13.2 Å². The average molecular weight is 372 g/mol. The van der Waals surface area contributed by atoms with Crippen LogP contribution >= 0.6 is 0 Å². The van der Waals surface area contributed by atoms with Crippen molar-refractivity contribution in [2.45, 2.75) is 25.7 Å². The highest BCUT2D eigenvalue weighted by molar-refractivity contribution is 7.89. The summed E-state index contributed by atoms with van der Waals surface area (Å²) in [6.45, 7) is 6.43. The van der Waals surface area contributed by atoms with Crippen molar-refractivity contribution in [3.63, 3.8) is 0 Å². The second-order valence-electron chi connectivity index (χ2n) is 5.85. The SMILES string of the molecule is CCN(CC)S(=O)(=O)c1ccc(NC(=O)/C=C/c2cccc(C)c2)cc1. The summed E-state index contributed by atoms with van der Waals surface area (Å²) in [6, 6.07) is 14.0. The van der Waals surface area contributed by atoms with E-state index in [9.17, 15) is 13.2 Å². The van der Waals surface area contributed by atoms with E-state index in [4.69, 9.17) is 0 Å². The Hall–Kier alpha value is -2.44. The number of carbonyl (C=O) groups is 1. The first-order valence-corrected chi connectivity index (χ1v) is 9.96.